The van der Waals surface area contributed by atoms with E-state index in [1.54, 1.807) is 0 Å². The van der Waals surface area contributed by atoms with Gasteiger partial charge in [-0.05, 0) is 61.9 Å². The first kappa shape index (κ1) is 18.7. The average Bonchev–Trinajstić information content (AvgIpc) is 2.54. The highest BCUT2D eigenvalue weighted by atomic mass is 16.3. The molecule has 22 heavy (non-hydrogen) atoms. The highest BCUT2D eigenvalue weighted by molar-refractivity contribution is 5.90. The number of rotatable bonds is 10. The maximum absolute atomic E-state index is 12.0. The highest BCUT2D eigenvalue weighted by Gasteiger charge is 2.15. The monoisotopic (exact) mass is 306 g/mol. The molecule has 0 aliphatic carbocycles. The number of hydrogen-bond acceptors (Lipinski definition) is 2. The quantitative estimate of drug-likeness (QED) is 0.300. The molecule has 0 saturated carbocycles. The maximum Gasteiger partial charge on any atom is 0.132 e. The Labute approximate surface area is 135 Å². The van der Waals surface area contributed by atoms with Crippen LogP contribution in [-0.4, -0.2) is 46.7 Å². The van der Waals surface area contributed by atoms with Crippen LogP contribution in [0, 0.1) is 0 Å². The second-order valence-corrected chi connectivity index (χ2v) is 6.35. The van der Waals surface area contributed by atoms with Crippen LogP contribution in [0.2, 0.25) is 0 Å². The van der Waals surface area contributed by atoms with Gasteiger partial charge in [0.15, 0.2) is 0 Å². The summed E-state index contributed by atoms with van der Waals surface area (Å²) >= 11 is 0. The predicted octanol–water partition coefficient (Wildman–Crippen LogP) is 1.13. The minimum Gasteiger partial charge on any atom is -0.858 e. The molecule has 1 rings (SSSR count). The van der Waals surface area contributed by atoms with Gasteiger partial charge in [-0.1, -0.05) is 6.42 Å². The van der Waals surface area contributed by atoms with Crippen molar-refractivity contribution >= 4 is 11.6 Å². The van der Waals surface area contributed by atoms with Gasteiger partial charge < -0.3 is 15.4 Å². The Morgan fingerprint density at radius 2 is 1.73 bits per heavy atom. The molecule has 0 fully saturated rings. The van der Waals surface area contributed by atoms with Gasteiger partial charge >= 0.3 is 0 Å². The average molecular weight is 306 g/mol. The van der Waals surface area contributed by atoms with E-state index in [0.29, 0.717) is 12.1 Å². The summed E-state index contributed by atoms with van der Waals surface area (Å²) in [6.45, 7) is 5.02. The maximum atomic E-state index is 12.0. The lowest BCUT2D eigenvalue weighted by atomic mass is 10.1. The summed E-state index contributed by atoms with van der Waals surface area (Å²) in [5, 5.41) is 14.2. The van der Waals surface area contributed by atoms with Crippen LogP contribution in [0.5, 0.6) is 0 Å². The van der Waals surface area contributed by atoms with E-state index < -0.39 is 0 Å². The van der Waals surface area contributed by atoms with Crippen molar-refractivity contribution in [3.05, 3.63) is 29.8 Å². The van der Waals surface area contributed by atoms with Crippen LogP contribution in [0.15, 0.2) is 29.3 Å². The zero-order valence-corrected chi connectivity index (χ0v) is 14.6. The zero-order chi connectivity index (χ0) is 16.4. The van der Waals surface area contributed by atoms with Crippen molar-refractivity contribution in [3.63, 3.8) is 0 Å². The molecule has 0 heterocycles. The van der Waals surface area contributed by atoms with Crippen molar-refractivity contribution < 1.29 is 10.4 Å². The molecule has 0 bridgehead atoms. The van der Waals surface area contributed by atoms with Crippen LogP contribution in [0.1, 0.15) is 38.2 Å². The van der Waals surface area contributed by atoms with Gasteiger partial charge in [-0.2, -0.15) is 0 Å². The van der Waals surface area contributed by atoms with Gasteiger partial charge in [0.1, 0.15) is 5.69 Å². The van der Waals surface area contributed by atoms with E-state index in [1.807, 2.05) is 24.3 Å². The van der Waals surface area contributed by atoms with Gasteiger partial charge in [-0.25, -0.2) is 0 Å². The second-order valence-electron chi connectivity index (χ2n) is 6.35. The van der Waals surface area contributed by atoms with E-state index in [1.165, 1.54) is 25.1 Å². The van der Waals surface area contributed by atoms with Crippen LogP contribution in [0.4, 0.5) is 5.69 Å². The molecule has 0 atom stereocenters. The van der Waals surface area contributed by atoms with Crippen molar-refractivity contribution in [1.82, 2.24) is 4.48 Å². The molecule has 1 aromatic rings. The standard InChI is InChI=1S/C18H31N3O/c1-5-21(3,4)17-12-10-16(11-13-17)18(22)20-15-9-7-6-8-14-19-2/h10-13,19H,5-9,14-15H2,1-4H3/p+1. The Kier molecular flexibility index (Phi) is 8.13. The lowest BCUT2D eigenvalue weighted by Gasteiger charge is -2.27. The minimum absolute atomic E-state index is 0.0877. The molecule has 0 radical (unpaired) electrons. The van der Waals surface area contributed by atoms with Crippen LogP contribution in [-0.2, 0) is 0 Å². The van der Waals surface area contributed by atoms with Gasteiger partial charge in [-0.15, -0.1) is 0 Å². The smallest absolute Gasteiger partial charge is 0.132 e. The molecule has 0 aromatic heterocycles. The molecule has 0 aliphatic heterocycles. The normalized spacial score (nSPS) is 12.6. The van der Waals surface area contributed by atoms with Crippen molar-refractivity contribution in [3.8, 4) is 0 Å². The van der Waals surface area contributed by atoms with Crippen LogP contribution in [0.3, 0.4) is 0 Å². The Bertz CT molecular complexity index is 452. The minimum atomic E-state index is -0.0877. The molecule has 0 amide bonds. The second kappa shape index (κ2) is 9.59. The van der Waals surface area contributed by atoms with Crippen LogP contribution in [0.25, 0.3) is 0 Å². The highest BCUT2D eigenvalue weighted by Crippen LogP contribution is 2.19. The first-order valence-electron chi connectivity index (χ1n) is 8.44. The van der Waals surface area contributed by atoms with Crippen molar-refractivity contribution in [2.24, 2.45) is 4.99 Å². The van der Waals surface area contributed by atoms with Crippen LogP contribution < -0.4 is 14.9 Å². The number of aliphatic imine (C=N–C) groups is 1. The zero-order valence-electron chi connectivity index (χ0n) is 14.6. The predicted molar refractivity (Wildman–Crippen MR) is 93.2 cm³/mol. The Balaban J connectivity index is 2.45. The molecule has 0 unspecified atom stereocenters. The molecular weight excluding hydrogens is 274 g/mol. The van der Waals surface area contributed by atoms with Gasteiger partial charge in [0.05, 0.1) is 34.2 Å². The summed E-state index contributed by atoms with van der Waals surface area (Å²) in [5.41, 5.74) is 1.91. The van der Waals surface area contributed by atoms with E-state index in [0.717, 1.165) is 23.9 Å². The fourth-order valence-electron chi connectivity index (χ4n) is 2.28. The topological polar surface area (TPSA) is 52.0 Å². The third-order valence-electron chi connectivity index (χ3n) is 4.26. The van der Waals surface area contributed by atoms with E-state index >= 15 is 0 Å². The lowest BCUT2D eigenvalue weighted by molar-refractivity contribution is -0.627. The summed E-state index contributed by atoms with van der Waals surface area (Å²) in [5.74, 6) is -0.0877. The Hall–Kier alpha value is -1.39. The molecule has 4 heteroatoms. The van der Waals surface area contributed by atoms with E-state index in [2.05, 4.69) is 38.4 Å². The fraction of sp³-hybridized carbons (Fsp3) is 0.611. The first-order valence-corrected chi connectivity index (χ1v) is 8.44. The third-order valence-corrected chi connectivity index (χ3v) is 4.26. The first-order chi connectivity index (χ1) is 10.5. The van der Waals surface area contributed by atoms with Gasteiger partial charge in [0, 0.05) is 6.54 Å². The number of unbranched alkanes of at least 4 members (excludes halogenated alkanes) is 3. The Morgan fingerprint density at radius 3 is 2.32 bits per heavy atom. The summed E-state index contributed by atoms with van der Waals surface area (Å²) in [6, 6.07) is 7.86. The Morgan fingerprint density at radius 1 is 1.09 bits per heavy atom. The third kappa shape index (κ3) is 6.16. The largest absolute Gasteiger partial charge is 0.858 e. The SMILES string of the molecule is CC[N+](C)(C)c1ccc(C([O-])=NCCCCCC[NH2+]C)cc1. The number of hydrogen-bond donors (Lipinski definition) is 1. The molecule has 1 aromatic carbocycles. The lowest BCUT2D eigenvalue weighted by Crippen LogP contribution is -2.79. The number of benzene rings is 1. The molecule has 0 aliphatic rings. The van der Waals surface area contributed by atoms with Crippen molar-refractivity contribution in [2.75, 3.05) is 40.8 Å². The summed E-state index contributed by atoms with van der Waals surface area (Å²) in [4.78, 5) is 4.17. The van der Waals surface area contributed by atoms with Crippen molar-refractivity contribution in [2.45, 2.75) is 32.6 Å². The van der Waals surface area contributed by atoms with E-state index in [4.69, 9.17) is 0 Å². The number of nitrogens with two attached hydrogens (primary N) is 1. The molecule has 4 nitrogen and oxygen atoms in total. The number of quaternary nitrogens is 2. The van der Waals surface area contributed by atoms with Crippen LogP contribution >= 0.6 is 0 Å². The summed E-state index contributed by atoms with van der Waals surface area (Å²) < 4.78 is 0.820. The summed E-state index contributed by atoms with van der Waals surface area (Å²) in [7, 11) is 6.43. The van der Waals surface area contributed by atoms with Gasteiger partial charge in [0.25, 0.3) is 0 Å². The fourth-order valence-corrected chi connectivity index (χ4v) is 2.28. The molecule has 0 saturated heterocycles. The van der Waals surface area contributed by atoms with Crippen molar-refractivity contribution in [1.29, 1.82) is 0 Å². The summed E-state index contributed by atoms with van der Waals surface area (Å²) in [6.07, 6.45) is 4.64. The number of nitrogens with zero attached hydrogens (tertiary/aromatic N) is 2. The van der Waals surface area contributed by atoms with Gasteiger partial charge in [-0.3, -0.25) is 4.48 Å². The molecule has 0 spiro atoms. The van der Waals surface area contributed by atoms with Gasteiger partial charge in [0.2, 0.25) is 0 Å². The molecule has 124 valence electrons. The molecular formula is C18H32N3O+. The van der Waals surface area contributed by atoms with E-state index in [9.17, 15) is 5.11 Å². The van der Waals surface area contributed by atoms with E-state index in [-0.39, 0.29) is 5.90 Å². The molecule has 2 N–H and O–H groups in total.